The van der Waals surface area contributed by atoms with Gasteiger partial charge in [0.15, 0.2) is 0 Å². The van der Waals surface area contributed by atoms with E-state index in [2.05, 4.69) is 81.7 Å². The van der Waals surface area contributed by atoms with Gasteiger partial charge in [0.05, 0.1) is 0 Å². The van der Waals surface area contributed by atoms with Gasteiger partial charge in [0.25, 0.3) is 0 Å². The van der Waals surface area contributed by atoms with E-state index < -0.39 is 0 Å². The highest BCUT2D eigenvalue weighted by Crippen LogP contribution is 2.30. The van der Waals surface area contributed by atoms with Crippen molar-refractivity contribution >= 4 is 17.1 Å². The number of hydrogen-bond acceptors (Lipinski definition) is 2. The number of benzene rings is 2. The average molecular weight is 296 g/mol. The molecule has 2 rings (SSSR count). The van der Waals surface area contributed by atoms with Crippen LogP contribution in [0, 0.1) is 5.41 Å². The lowest BCUT2D eigenvalue weighted by Gasteiger charge is -2.34. The predicted octanol–water partition coefficient (Wildman–Crippen LogP) is 6.06. The predicted molar refractivity (Wildman–Crippen MR) is 97.9 cm³/mol. The Morgan fingerprint density at radius 2 is 1.18 bits per heavy atom. The van der Waals surface area contributed by atoms with Crippen LogP contribution in [0.25, 0.3) is 0 Å². The summed E-state index contributed by atoms with van der Waals surface area (Å²) in [6.45, 7) is 11.4. The molecule has 0 unspecified atom stereocenters. The molecule has 2 heteroatoms. The normalized spacial score (nSPS) is 12.0. The van der Waals surface area contributed by atoms with Gasteiger partial charge in [-0.15, -0.1) is 0 Å². The maximum absolute atomic E-state index is 3.64. The molecule has 0 radical (unpaired) electrons. The molecule has 0 spiro atoms. The zero-order valence-electron chi connectivity index (χ0n) is 14.4. The minimum Gasteiger partial charge on any atom is -0.380 e. The fourth-order valence-electron chi connectivity index (χ4n) is 3.09. The summed E-state index contributed by atoms with van der Waals surface area (Å²) >= 11 is 0. The molecule has 0 saturated carbocycles. The fraction of sp³-hybridized carbons (Fsp3) is 0.400. The summed E-state index contributed by atoms with van der Waals surface area (Å²) in [4.78, 5) is 0. The van der Waals surface area contributed by atoms with Crippen molar-refractivity contribution in [1.82, 2.24) is 0 Å². The molecule has 0 atom stereocenters. The second kappa shape index (κ2) is 6.43. The Hall–Kier alpha value is -1.96. The van der Waals surface area contributed by atoms with Crippen LogP contribution >= 0.6 is 0 Å². The lowest BCUT2D eigenvalue weighted by molar-refractivity contribution is 0.302. The third-order valence-corrected chi connectivity index (χ3v) is 3.40. The summed E-state index contributed by atoms with van der Waals surface area (Å²) in [6, 6.07) is 18.7. The highest BCUT2D eigenvalue weighted by molar-refractivity contribution is 5.62. The molecule has 2 aromatic carbocycles. The third-order valence-electron chi connectivity index (χ3n) is 3.40. The van der Waals surface area contributed by atoms with E-state index in [1.807, 2.05) is 18.2 Å². The molecule has 2 nitrogen and oxygen atoms in total. The van der Waals surface area contributed by atoms with Gasteiger partial charge in [-0.2, -0.15) is 0 Å². The van der Waals surface area contributed by atoms with Crippen molar-refractivity contribution in [1.29, 1.82) is 0 Å². The van der Waals surface area contributed by atoms with Crippen molar-refractivity contribution < 1.29 is 0 Å². The van der Waals surface area contributed by atoms with Crippen LogP contribution in [0.1, 0.15) is 41.0 Å². The second-order valence-electron chi connectivity index (χ2n) is 7.81. The first-order chi connectivity index (χ1) is 10.2. The zero-order chi connectivity index (χ0) is 16.2. The van der Waals surface area contributed by atoms with Gasteiger partial charge >= 0.3 is 0 Å². The van der Waals surface area contributed by atoms with E-state index in [0.29, 0.717) is 5.41 Å². The summed E-state index contributed by atoms with van der Waals surface area (Å²) in [7, 11) is 0. The van der Waals surface area contributed by atoms with Crippen molar-refractivity contribution in [2.75, 3.05) is 10.6 Å². The molecule has 0 aliphatic carbocycles. The zero-order valence-corrected chi connectivity index (χ0v) is 14.4. The first-order valence-corrected chi connectivity index (χ1v) is 7.94. The van der Waals surface area contributed by atoms with Gasteiger partial charge in [-0.05, 0) is 62.1 Å². The van der Waals surface area contributed by atoms with Crippen molar-refractivity contribution in [3.05, 3.63) is 54.6 Å². The molecule has 0 bridgehead atoms. The van der Waals surface area contributed by atoms with Gasteiger partial charge in [0.1, 0.15) is 0 Å². The molecule has 0 heterocycles. The van der Waals surface area contributed by atoms with Gasteiger partial charge in [-0.3, -0.25) is 0 Å². The quantitative estimate of drug-likeness (QED) is 0.701. The number of nitrogens with one attached hydrogen (secondary N) is 2. The van der Waals surface area contributed by atoms with Crippen LogP contribution in [-0.4, -0.2) is 5.54 Å². The van der Waals surface area contributed by atoms with Crippen LogP contribution in [-0.2, 0) is 0 Å². The Labute approximate surface area is 135 Å². The molecule has 0 aliphatic rings. The summed E-state index contributed by atoms with van der Waals surface area (Å²) < 4.78 is 0. The smallest absolute Gasteiger partial charge is 0.0385 e. The number of hydrogen-bond donors (Lipinski definition) is 2. The molecular formula is C20H28N2. The topological polar surface area (TPSA) is 24.1 Å². The fourth-order valence-corrected chi connectivity index (χ4v) is 3.09. The van der Waals surface area contributed by atoms with E-state index in [-0.39, 0.29) is 5.54 Å². The first kappa shape index (κ1) is 16.4. The number of para-hydroxylation sites is 1. The lowest BCUT2D eigenvalue weighted by atomic mass is 9.81. The SMILES string of the molecule is CC(C)(C)CC(C)(C)Nc1ccc(Nc2ccccc2)cc1. The van der Waals surface area contributed by atoms with Crippen LogP contribution in [0.5, 0.6) is 0 Å². The van der Waals surface area contributed by atoms with E-state index in [0.717, 1.165) is 23.5 Å². The van der Waals surface area contributed by atoms with Crippen molar-refractivity contribution in [3.8, 4) is 0 Å². The average Bonchev–Trinajstić information content (AvgIpc) is 2.39. The number of anilines is 3. The molecule has 0 aromatic heterocycles. The van der Waals surface area contributed by atoms with Gasteiger partial charge in [-0.25, -0.2) is 0 Å². The largest absolute Gasteiger partial charge is 0.380 e. The van der Waals surface area contributed by atoms with Gasteiger partial charge in [0.2, 0.25) is 0 Å². The highest BCUT2D eigenvalue weighted by Gasteiger charge is 2.25. The van der Waals surface area contributed by atoms with Crippen LogP contribution in [0.3, 0.4) is 0 Å². The second-order valence-corrected chi connectivity index (χ2v) is 7.81. The first-order valence-electron chi connectivity index (χ1n) is 7.94. The van der Waals surface area contributed by atoms with Crippen LogP contribution < -0.4 is 10.6 Å². The molecular weight excluding hydrogens is 268 g/mol. The Balaban J connectivity index is 2.00. The number of rotatable bonds is 5. The van der Waals surface area contributed by atoms with E-state index in [1.54, 1.807) is 0 Å². The van der Waals surface area contributed by atoms with Crippen molar-refractivity contribution in [2.45, 2.75) is 46.6 Å². The molecule has 22 heavy (non-hydrogen) atoms. The minimum atomic E-state index is 0.0760. The minimum absolute atomic E-state index is 0.0760. The monoisotopic (exact) mass is 296 g/mol. The Bertz CT molecular complexity index is 577. The van der Waals surface area contributed by atoms with E-state index >= 15 is 0 Å². The molecule has 0 saturated heterocycles. The standard InChI is InChI=1S/C20H28N2/c1-19(2,3)15-20(4,5)22-18-13-11-17(12-14-18)21-16-9-7-6-8-10-16/h6-14,21-22H,15H2,1-5H3. The molecule has 0 aliphatic heterocycles. The lowest BCUT2D eigenvalue weighted by Crippen LogP contribution is -2.35. The van der Waals surface area contributed by atoms with Crippen molar-refractivity contribution in [2.24, 2.45) is 5.41 Å². The molecule has 0 fully saturated rings. The third kappa shape index (κ3) is 5.44. The van der Waals surface area contributed by atoms with Crippen LogP contribution in [0.2, 0.25) is 0 Å². The highest BCUT2D eigenvalue weighted by atomic mass is 15.0. The maximum Gasteiger partial charge on any atom is 0.0385 e. The van der Waals surface area contributed by atoms with Gasteiger partial charge in [0, 0.05) is 22.6 Å². The van der Waals surface area contributed by atoms with Gasteiger partial charge < -0.3 is 10.6 Å². The Kier molecular flexibility index (Phi) is 4.80. The van der Waals surface area contributed by atoms with E-state index in [9.17, 15) is 0 Å². The maximum atomic E-state index is 3.64. The van der Waals surface area contributed by atoms with E-state index in [4.69, 9.17) is 0 Å². The van der Waals surface area contributed by atoms with Crippen LogP contribution in [0.4, 0.5) is 17.1 Å². The van der Waals surface area contributed by atoms with Gasteiger partial charge in [-0.1, -0.05) is 39.0 Å². The summed E-state index contributed by atoms with van der Waals surface area (Å²) in [6.07, 6.45) is 1.12. The molecule has 2 aromatic rings. The summed E-state index contributed by atoms with van der Waals surface area (Å²) in [5.74, 6) is 0. The molecule has 0 amide bonds. The van der Waals surface area contributed by atoms with E-state index in [1.165, 1.54) is 0 Å². The summed E-state index contributed by atoms with van der Waals surface area (Å²) in [5, 5.41) is 7.04. The Morgan fingerprint density at radius 3 is 1.73 bits per heavy atom. The molecule has 118 valence electrons. The summed E-state index contributed by atoms with van der Waals surface area (Å²) in [5.41, 5.74) is 3.76. The van der Waals surface area contributed by atoms with Crippen molar-refractivity contribution in [3.63, 3.8) is 0 Å². The molecule has 2 N–H and O–H groups in total. The van der Waals surface area contributed by atoms with Crippen LogP contribution in [0.15, 0.2) is 54.6 Å². The Morgan fingerprint density at radius 1 is 0.682 bits per heavy atom.